The third-order valence-corrected chi connectivity index (χ3v) is 6.50. The van der Waals surface area contributed by atoms with Gasteiger partial charge in [0, 0.05) is 52.4 Å². The first-order chi connectivity index (χ1) is 11.5. The molecule has 1 aliphatic heterocycles. The Balaban J connectivity index is 0.00000225. The van der Waals surface area contributed by atoms with Gasteiger partial charge in [-0.05, 0) is 31.1 Å². The van der Waals surface area contributed by atoms with Crippen LogP contribution in [-0.2, 0) is 10.0 Å². The summed E-state index contributed by atoms with van der Waals surface area (Å²) in [6.45, 7) is 5.13. The van der Waals surface area contributed by atoms with Crippen molar-refractivity contribution >= 4 is 40.0 Å². The van der Waals surface area contributed by atoms with E-state index in [-0.39, 0.29) is 24.0 Å². The van der Waals surface area contributed by atoms with Crippen LogP contribution in [0.15, 0.2) is 4.99 Å². The molecule has 9 heteroatoms. The highest BCUT2D eigenvalue weighted by atomic mass is 127. The van der Waals surface area contributed by atoms with E-state index in [4.69, 9.17) is 0 Å². The SMILES string of the molecule is CN=C(NCCNS(C)(=O)=O)N1CCN(C2CC3CCC2C3)CC1.I. The lowest BCUT2D eigenvalue weighted by atomic mass is 9.93. The second kappa shape index (κ2) is 9.18. The molecule has 0 aromatic rings. The molecule has 0 amide bonds. The molecule has 3 atom stereocenters. The fourth-order valence-corrected chi connectivity index (χ4v) is 5.14. The molecule has 3 rings (SSSR count). The summed E-state index contributed by atoms with van der Waals surface area (Å²) in [7, 11) is -1.34. The van der Waals surface area contributed by atoms with Crippen LogP contribution in [0.4, 0.5) is 0 Å². The molecule has 146 valence electrons. The molecule has 0 aromatic heterocycles. The van der Waals surface area contributed by atoms with Gasteiger partial charge in [-0.25, -0.2) is 13.1 Å². The van der Waals surface area contributed by atoms with E-state index in [2.05, 4.69) is 24.8 Å². The highest BCUT2D eigenvalue weighted by molar-refractivity contribution is 14.0. The number of aliphatic imine (C=N–C) groups is 1. The van der Waals surface area contributed by atoms with E-state index < -0.39 is 10.0 Å². The van der Waals surface area contributed by atoms with Crippen molar-refractivity contribution in [3.63, 3.8) is 0 Å². The lowest BCUT2D eigenvalue weighted by Gasteiger charge is -2.41. The fourth-order valence-electron chi connectivity index (χ4n) is 4.67. The van der Waals surface area contributed by atoms with Gasteiger partial charge in [-0.3, -0.25) is 9.89 Å². The van der Waals surface area contributed by atoms with Crippen LogP contribution in [0.2, 0.25) is 0 Å². The predicted octanol–water partition coefficient (Wildman–Crippen LogP) is 0.535. The number of nitrogens with one attached hydrogen (secondary N) is 2. The summed E-state index contributed by atoms with van der Waals surface area (Å²) >= 11 is 0. The molecular weight excluding hydrogens is 453 g/mol. The van der Waals surface area contributed by atoms with Gasteiger partial charge < -0.3 is 10.2 Å². The van der Waals surface area contributed by atoms with Gasteiger partial charge in [-0.15, -0.1) is 24.0 Å². The number of sulfonamides is 1. The Morgan fingerprint density at radius 2 is 1.84 bits per heavy atom. The molecular formula is C16H32IN5O2S. The number of rotatable bonds is 5. The second-order valence-corrected chi connectivity index (χ2v) is 9.24. The van der Waals surface area contributed by atoms with Crippen LogP contribution in [0.3, 0.4) is 0 Å². The van der Waals surface area contributed by atoms with Gasteiger partial charge >= 0.3 is 0 Å². The Labute approximate surface area is 169 Å². The van der Waals surface area contributed by atoms with Gasteiger partial charge in [0.1, 0.15) is 0 Å². The molecule has 1 saturated heterocycles. The highest BCUT2D eigenvalue weighted by Gasteiger charge is 2.42. The van der Waals surface area contributed by atoms with Crippen LogP contribution >= 0.6 is 24.0 Å². The summed E-state index contributed by atoms with van der Waals surface area (Å²) in [5.41, 5.74) is 0. The zero-order valence-electron chi connectivity index (χ0n) is 15.3. The van der Waals surface area contributed by atoms with Crippen LogP contribution < -0.4 is 10.0 Å². The van der Waals surface area contributed by atoms with E-state index in [1.807, 2.05) is 0 Å². The monoisotopic (exact) mass is 485 g/mol. The van der Waals surface area contributed by atoms with Gasteiger partial charge in [0.15, 0.2) is 5.96 Å². The molecule has 2 N–H and O–H groups in total. The van der Waals surface area contributed by atoms with E-state index in [1.54, 1.807) is 7.05 Å². The lowest BCUT2D eigenvalue weighted by Crippen LogP contribution is -2.56. The van der Waals surface area contributed by atoms with Crippen molar-refractivity contribution in [1.82, 2.24) is 19.8 Å². The van der Waals surface area contributed by atoms with Crippen molar-refractivity contribution in [2.24, 2.45) is 16.8 Å². The summed E-state index contributed by atoms with van der Waals surface area (Å²) < 4.78 is 24.6. The molecule has 0 aromatic carbocycles. The smallest absolute Gasteiger partial charge is 0.208 e. The summed E-state index contributed by atoms with van der Waals surface area (Å²) in [5, 5.41) is 3.25. The zero-order valence-corrected chi connectivity index (χ0v) is 18.4. The highest BCUT2D eigenvalue weighted by Crippen LogP contribution is 2.46. The summed E-state index contributed by atoms with van der Waals surface area (Å²) in [6.07, 6.45) is 6.94. The van der Waals surface area contributed by atoms with Crippen molar-refractivity contribution in [2.75, 3.05) is 52.6 Å². The molecule has 3 aliphatic rings. The molecule has 0 spiro atoms. The third-order valence-electron chi connectivity index (χ3n) is 5.77. The van der Waals surface area contributed by atoms with E-state index in [0.29, 0.717) is 13.1 Å². The average molecular weight is 485 g/mol. The number of guanidine groups is 1. The normalized spacial score (nSPS) is 30.4. The quantitative estimate of drug-likeness (QED) is 0.257. The molecule has 2 bridgehead atoms. The standard InChI is InChI=1S/C16H31N5O2S.HI/c1-17-16(18-5-6-19-24(2,22)23)21-9-7-20(8-10-21)15-12-13-3-4-14(15)11-13;/h13-15,19H,3-12H2,1-2H3,(H,17,18);1H. The van der Waals surface area contributed by atoms with Crippen LogP contribution in [-0.4, -0.2) is 82.8 Å². The second-order valence-electron chi connectivity index (χ2n) is 7.41. The van der Waals surface area contributed by atoms with Gasteiger partial charge in [0.25, 0.3) is 0 Å². The van der Waals surface area contributed by atoms with Crippen molar-refractivity contribution < 1.29 is 8.42 Å². The first kappa shape index (κ1) is 21.2. The maximum Gasteiger partial charge on any atom is 0.208 e. The molecule has 2 saturated carbocycles. The molecule has 7 nitrogen and oxygen atoms in total. The van der Waals surface area contributed by atoms with E-state index in [1.165, 1.54) is 31.9 Å². The molecule has 25 heavy (non-hydrogen) atoms. The van der Waals surface area contributed by atoms with Crippen molar-refractivity contribution in [1.29, 1.82) is 0 Å². The number of hydrogen-bond acceptors (Lipinski definition) is 4. The Morgan fingerprint density at radius 1 is 1.12 bits per heavy atom. The topological polar surface area (TPSA) is 77.0 Å². The number of piperazine rings is 1. The summed E-state index contributed by atoms with van der Waals surface area (Å²) in [6, 6.07) is 0.819. The summed E-state index contributed by atoms with van der Waals surface area (Å²) in [4.78, 5) is 9.32. The predicted molar refractivity (Wildman–Crippen MR) is 112 cm³/mol. The first-order valence-corrected chi connectivity index (χ1v) is 11.0. The zero-order chi connectivity index (χ0) is 17.2. The maximum absolute atomic E-state index is 11.1. The van der Waals surface area contributed by atoms with E-state index >= 15 is 0 Å². The van der Waals surface area contributed by atoms with Crippen LogP contribution in [0.5, 0.6) is 0 Å². The minimum atomic E-state index is -3.12. The average Bonchev–Trinajstić information content (AvgIpc) is 3.17. The number of hydrogen-bond donors (Lipinski definition) is 2. The number of fused-ring (bicyclic) bond motifs is 2. The maximum atomic E-state index is 11.1. The first-order valence-electron chi connectivity index (χ1n) is 9.10. The molecule has 0 radical (unpaired) electrons. The number of halogens is 1. The minimum absolute atomic E-state index is 0. The van der Waals surface area contributed by atoms with E-state index in [0.717, 1.165) is 50.0 Å². The Kier molecular flexibility index (Phi) is 7.78. The van der Waals surface area contributed by atoms with Gasteiger partial charge in [-0.1, -0.05) is 6.42 Å². The summed E-state index contributed by atoms with van der Waals surface area (Å²) in [5.74, 6) is 2.81. The molecule has 2 aliphatic carbocycles. The van der Waals surface area contributed by atoms with Gasteiger partial charge in [0.2, 0.25) is 10.0 Å². The molecule has 3 unspecified atom stereocenters. The van der Waals surface area contributed by atoms with Crippen LogP contribution in [0.1, 0.15) is 25.7 Å². The third kappa shape index (κ3) is 5.67. The van der Waals surface area contributed by atoms with Crippen molar-refractivity contribution in [3.05, 3.63) is 0 Å². The largest absolute Gasteiger partial charge is 0.355 e. The minimum Gasteiger partial charge on any atom is -0.355 e. The molecule has 1 heterocycles. The van der Waals surface area contributed by atoms with E-state index in [9.17, 15) is 8.42 Å². The van der Waals surface area contributed by atoms with Crippen molar-refractivity contribution in [2.45, 2.75) is 31.7 Å². The van der Waals surface area contributed by atoms with Gasteiger partial charge in [-0.2, -0.15) is 0 Å². The van der Waals surface area contributed by atoms with Crippen molar-refractivity contribution in [3.8, 4) is 0 Å². The van der Waals surface area contributed by atoms with Crippen LogP contribution in [0.25, 0.3) is 0 Å². The van der Waals surface area contributed by atoms with Gasteiger partial charge in [0.05, 0.1) is 6.26 Å². The lowest BCUT2D eigenvalue weighted by molar-refractivity contribution is 0.0959. The Hall–Kier alpha value is -0.130. The van der Waals surface area contributed by atoms with Crippen LogP contribution in [0, 0.1) is 11.8 Å². The number of nitrogens with zero attached hydrogens (tertiary/aromatic N) is 3. The Bertz CT molecular complexity index is 563. The Morgan fingerprint density at radius 3 is 2.36 bits per heavy atom. The molecule has 3 fully saturated rings. The fraction of sp³-hybridized carbons (Fsp3) is 0.938.